The minimum atomic E-state index is -4.40. The molecule has 0 aromatic carbocycles. The van der Waals surface area contributed by atoms with E-state index in [4.69, 9.17) is 5.73 Å². The van der Waals surface area contributed by atoms with Gasteiger partial charge >= 0.3 is 11.5 Å². The van der Waals surface area contributed by atoms with Gasteiger partial charge in [-0.15, -0.1) is 11.3 Å². The third-order valence-corrected chi connectivity index (χ3v) is 3.27. The van der Waals surface area contributed by atoms with Gasteiger partial charge in [-0.1, -0.05) is 0 Å². The van der Waals surface area contributed by atoms with E-state index in [1.165, 1.54) is 6.07 Å². The van der Waals surface area contributed by atoms with Crippen molar-refractivity contribution < 1.29 is 27.5 Å². The lowest BCUT2D eigenvalue weighted by Gasteiger charge is -2.01. The molecule has 0 saturated carbocycles. The Kier molecular flexibility index (Phi) is 4.40. The summed E-state index contributed by atoms with van der Waals surface area (Å²) in [6, 6.07) is 2.35. The second-order valence-electron chi connectivity index (χ2n) is 2.71. The van der Waals surface area contributed by atoms with Crippen LogP contribution in [0.2, 0.25) is 0 Å². The van der Waals surface area contributed by atoms with Crippen LogP contribution in [0.15, 0.2) is 16.3 Å². The standard InChI is InChI=1S/C8H6F3NO3S2/c9-8(10,11)17-6-2-1-4(16-6)7(14)15-3-5(12)13/h1-2H,3H2,(H2,12,13). The number of amides is 1. The van der Waals surface area contributed by atoms with Crippen molar-refractivity contribution >= 4 is 35.0 Å². The second-order valence-corrected chi connectivity index (χ2v) is 5.16. The van der Waals surface area contributed by atoms with Crippen molar-refractivity contribution in [1.82, 2.24) is 0 Å². The fourth-order valence-corrected chi connectivity index (χ4v) is 2.52. The molecular weight excluding hydrogens is 279 g/mol. The molecule has 0 aliphatic heterocycles. The number of ether oxygens (including phenoxy) is 1. The van der Waals surface area contributed by atoms with Crippen molar-refractivity contribution in [3.8, 4) is 0 Å². The van der Waals surface area contributed by atoms with E-state index in [-0.39, 0.29) is 20.8 Å². The number of alkyl halides is 3. The number of hydrogen-bond donors (Lipinski definition) is 1. The Labute approximate surface area is 102 Å². The zero-order valence-electron chi connectivity index (χ0n) is 8.11. The van der Waals surface area contributed by atoms with E-state index in [1.54, 1.807) is 0 Å². The van der Waals surface area contributed by atoms with Gasteiger partial charge in [-0.25, -0.2) is 4.79 Å². The van der Waals surface area contributed by atoms with Gasteiger partial charge in [0.2, 0.25) is 0 Å². The van der Waals surface area contributed by atoms with E-state index >= 15 is 0 Å². The van der Waals surface area contributed by atoms with E-state index < -0.39 is 24.0 Å². The van der Waals surface area contributed by atoms with Gasteiger partial charge in [-0.2, -0.15) is 13.2 Å². The van der Waals surface area contributed by atoms with E-state index in [1.807, 2.05) is 0 Å². The van der Waals surface area contributed by atoms with Crippen LogP contribution in [0, 0.1) is 0 Å². The molecule has 0 radical (unpaired) electrons. The molecule has 1 aromatic heterocycles. The lowest BCUT2D eigenvalue weighted by molar-refractivity contribution is -0.121. The van der Waals surface area contributed by atoms with E-state index in [9.17, 15) is 22.8 Å². The number of rotatable bonds is 4. The number of hydrogen-bond acceptors (Lipinski definition) is 5. The van der Waals surface area contributed by atoms with Crippen molar-refractivity contribution in [2.24, 2.45) is 5.73 Å². The molecule has 2 N–H and O–H groups in total. The number of halogens is 3. The normalized spacial score (nSPS) is 11.2. The number of carbonyl (C=O) groups excluding carboxylic acids is 2. The van der Waals surface area contributed by atoms with Crippen LogP contribution in [-0.4, -0.2) is 24.0 Å². The summed E-state index contributed by atoms with van der Waals surface area (Å²) in [7, 11) is 0. The average molecular weight is 285 g/mol. The summed E-state index contributed by atoms with van der Waals surface area (Å²) in [6.07, 6.45) is 0. The molecule has 0 bridgehead atoms. The third kappa shape index (κ3) is 5.09. The molecule has 1 rings (SSSR count). The van der Waals surface area contributed by atoms with Gasteiger partial charge in [0.1, 0.15) is 4.88 Å². The maximum absolute atomic E-state index is 12.0. The molecule has 0 unspecified atom stereocenters. The molecule has 0 aliphatic carbocycles. The summed E-state index contributed by atoms with van der Waals surface area (Å²) in [4.78, 5) is 21.5. The summed E-state index contributed by atoms with van der Waals surface area (Å²) in [5, 5.41) is 0. The Hall–Kier alpha value is -1.22. The Bertz CT molecular complexity index is 430. The van der Waals surface area contributed by atoms with Gasteiger partial charge in [0.15, 0.2) is 6.61 Å². The van der Waals surface area contributed by atoms with Gasteiger partial charge in [0.05, 0.1) is 4.21 Å². The summed E-state index contributed by atoms with van der Waals surface area (Å²) in [5.41, 5.74) is 0.338. The van der Waals surface area contributed by atoms with Crippen LogP contribution in [0.3, 0.4) is 0 Å². The van der Waals surface area contributed by atoms with Gasteiger partial charge in [-0.05, 0) is 23.9 Å². The number of thiophene rings is 1. The predicted octanol–water partition coefficient (Wildman–Crippen LogP) is 2.00. The minimum absolute atomic E-state index is 0.0157. The molecule has 1 heterocycles. The Morgan fingerprint density at radius 2 is 2.06 bits per heavy atom. The Morgan fingerprint density at radius 1 is 1.41 bits per heavy atom. The van der Waals surface area contributed by atoms with Crippen molar-refractivity contribution in [2.45, 2.75) is 9.72 Å². The van der Waals surface area contributed by atoms with E-state index in [0.717, 1.165) is 6.07 Å². The number of nitrogens with two attached hydrogens (primary N) is 1. The van der Waals surface area contributed by atoms with Gasteiger partial charge < -0.3 is 10.5 Å². The van der Waals surface area contributed by atoms with Crippen molar-refractivity contribution in [2.75, 3.05) is 6.61 Å². The van der Waals surface area contributed by atoms with Gasteiger partial charge in [0.25, 0.3) is 5.91 Å². The maximum Gasteiger partial charge on any atom is 0.447 e. The molecule has 0 aliphatic rings. The quantitative estimate of drug-likeness (QED) is 0.678. The van der Waals surface area contributed by atoms with Crippen molar-refractivity contribution in [3.63, 3.8) is 0 Å². The molecule has 4 nitrogen and oxygen atoms in total. The highest BCUT2D eigenvalue weighted by Crippen LogP contribution is 2.40. The molecule has 9 heteroatoms. The van der Waals surface area contributed by atoms with E-state index in [2.05, 4.69) is 4.74 Å². The summed E-state index contributed by atoms with van der Waals surface area (Å²) in [5.74, 6) is -1.71. The van der Waals surface area contributed by atoms with Crippen LogP contribution in [-0.2, 0) is 9.53 Å². The smallest absolute Gasteiger partial charge is 0.447 e. The number of esters is 1. The molecule has 17 heavy (non-hydrogen) atoms. The molecule has 1 amide bonds. The molecule has 0 atom stereocenters. The van der Waals surface area contributed by atoms with Gasteiger partial charge in [-0.3, -0.25) is 4.79 Å². The average Bonchev–Trinajstić information content (AvgIpc) is 2.59. The number of primary amides is 1. The van der Waals surface area contributed by atoms with Crippen LogP contribution >= 0.6 is 23.1 Å². The zero-order valence-corrected chi connectivity index (χ0v) is 9.75. The predicted molar refractivity (Wildman–Crippen MR) is 55.7 cm³/mol. The highest BCUT2D eigenvalue weighted by atomic mass is 32.2. The lowest BCUT2D eigenvalue weighted by Crippen LogP contribution is -2.20. The van der Waals surface area contributed by atoms with Crippen LogP contribution in [0.5, 0.6) is 0 Å². The minimum Gasteiger partial charge on any atom is -0.451 e. The molecule has 0 saturated heterocycles. The SMILES string of the molecule is NC(=O)COC(=O)c1ccc(SC(F)(F)F)s1. The van der Waals surface area contributed by atoms with Crippen LogP contribution in [0.25, 0.3) is 0 Å². The first-order valence-electron chi connectivity index (χ1n) is 4.09. The topological polar surface area (TPSA) is 69.4 Å². The molecule has 1 aromatic rings. The molecule has 94 valence electrons. The Morgan fingerprint density at radius 3 is 2.59 bits per heavy atom. The summed E-state index contributed by atoms with van der Waals surface area (Å²) < 4.78 is 40.4. The second kappa shape index (κ2) is 5.41. The fourth-order valence-electron chi connectivity index (χ4n) is 0.807. The molecular formula is C8H6F3NO3S2. The first-order valence-corrected chi connectivity index (χ1v) is 5.72. The summed E-state index contributed by atoms with van der Waals surface area (Å²) >= 11 is 0.318. The molecule has 0 fully saturated rings. The lowest BCUT2D eigenvalue weighted by atomic mass is 10.5. The first-order chi connectivity index (χ1) is 7.78. The van der Waals surface area contributed by atoms with E-state index in [0.29, 0.717) is 11.3 Å². The maximum atomic E-state index is 12.0. The Balaban J connectivity index is 2.61. The first kappa shape index (κ1) is 13.8. The van der Waals surface area contributed by atoms with Gasteiger partial charge in [0, 0.05) is 0 Å². The van der Waals surface area contributed by atoms with Crippen molar-refractivity contribution in [1.29, 1.82) is 0 Å². The summed E-state index contributed by atoms with van der Waals surface area (Å²) in [6.45, 7) is -0.599. The molecule has 0 spiro atoms. The largest absolute Gasteiger partial charge is 0.451 e. The monoisotopic (exact) mass is 285 g/mol. The number of carbonyl (C=O) groups is 2. The highest BCUT2D eigenvalue weighted by Gasteiger charge is 2.30. The fraction of sp³-hybridized carbons (Fsp3) is 0.250. The van der Waals surface area contributed by atoms with Crippen molar-refractivity contribution in [3.05, 3.63) is 17.0 Å². The van der Waals surface area contributed by atoms with Crippen LogP contribution in [0.4, 0.5) is 13.2 Å². The zero-order chi connectivity index (χ0) is 13.1. The highest BCUT2D eigenvalue weighted by molar-refractivity contribution is 8.02. The van der Waals surface area contributed by atoms with Crippen LogP contribution < -0.4 is 5.73 Å². The number of thioether (sulfide) groups is 1. The third-order valence-electron chi connectivity index (χ3n) is 1.34. The van der Waals surface area contributed by atoms with Crippen LogP contribution in [0.1, 0.15) is 9.67 Å².